The number of carbonyl (C=O) groups excluding carboxylic acids is 2. The average Bonchev–Trinajstić information content (AvgIpc) is 2.82. The lowest BCUT2D eigenvalue weighted by atomic mass is 10.3. The third kappa shape index (κ3) is 6.36. The molecule has 1 aliphatic heterocycles. The highest BCUT2D eigenvalue weighted by Gasteiger charge is 2.19. The Hall–Kier alpha value is -2.04. The van der Waals surface area contributed by atoms with Crippen LogP contribution in [0.15, 0.2) is 29.2 Å². The minimum absolute atomic E-state index is 0.0535. The van der Waals surface area contributed by atoms with E-state index in [9.17, 15) is 9.59 Å². The van der Waals surface area contributed by atoms with Crippen LogP contribution in [-0.2, 0) is 9.59 Å². The van der Waals surface area contributed by atoms with Gasteiger partial charge < -0.3 is 10.2 Å². The van der Waals surface area contributed by atoms with Crippen molar-refractivity contribution in [3.8, 4) is 6.07 Å². The first-order valence-corrected chi connectivity index (χ1v) is 9.78. The fourth-order valence-electron chi connectivity index (χ4n) is 2.90. The van der Waals surface area contributed by atoms with Crippen LogP contribution in [0.2, 0.25) is 0 Å². The highest BCUT2D eigenvalue weighted by molar-refractivity contribution is 8.00. The third-order valence-electron chi connectivity index (χ3n) is 4.27. The van der Waals surface area contributed by atoms with Gasteiger partial charge in [0.1, 0.15) is 0 Å². The van der Waals surface area contributed by atoms with Gasteiger partial charge in [-0.15, -0.1) is 11.8 Å². The van der Waals surface area contributed by atoms with E-state index in [1.54, 1.807) is 18.7 Å². The molecule has 0 aliphatic carbocycles. The number of rotatable bonds is 6. The Balaban J connectivity index is 1.92. The molecule has 6 nitrogen and oxygen atoms in total. The minimum Gasteiger partial charge on any atom is -0.342 e. The quantitative estimate of drug-likeness (QED) is 0.775. The maximum absolute atomic E-state index is 12.5. The molecular weight excluding hydrogens is 348 g/mol. The van der Waals surface area contributed by atoms with E-state index >= 15 is 0 Å². The molecule has 26 heavy (non-hydrogen) atoms. The van der Waals surface area contributed by atoms with Gasteiger partial charge in [0.25, 0.3) is 0 Å². The molecular formula is C19H26N4O2S. The van der Waals surface area contributed by atoms with Crippen molar-refractivity contribution in [3.63, 3.8) is 0 Å². The van der Waals surface area contributed by atoms with E-state index < -0.39 is 0 Å². The molecule has 2 rings (SSSR count). The summed E-state index contributed by atoms with van der Waals surface area (Å²) < 4.78 is 0. The first kappa shape index (κ1) is 20.3. The summed E-state index contributed by atoms with van der Waals surface area (Å²) in [6, 6.07) is 9.85. The van der Waals surface area contributed by atoms with Crippen molar-refractivity contribution in [2.45, 2.75) is 36.8 Å². The second-order valence-electron chi connectivity index (χ2n) is 6.47. The average molecular weight is 375 g/mol. The number of carbonyl (C=O) groups is 2. The first-order valence-electron chi connectivity index (χ1n) is 8.90. The maximum atomic E-state index is 12.5. The largest absolute Gasteiger partial charge is 0.342 e. The fraction of sp³-hybridized carbons (Fsp3) is 0.526. The predicted molar refractivity (Wildman–Crippen MR) is 104 cm³/mol. The number of amides is 2. The number of thioether (sulfide) groups is 1. The van der Waals surface area contributed by atoms with Gasteiger partial charge in [0.05, 0.1) is 18.3 Å². The van der Waals surface area contributed by atoms with Crippen molar-refractivity contribution in [3.05, 3.63) is 24.3 Å². The molecule has 0 saturated carbocycles. The molecule has 1 N–H and O–H groups in total. The summed E-state index contributed by atoms with van der Waals surface area (Å²) in [5.74, 6) is 0.0380. The topological polar surface area (TPSA) is 76.4 Å². The zero-order valence-electron chi connectivity index (χ0n) is 15.4. The van der Waals surface area contributed by atoms with Crippen LogP contribution in [0.4, 0.5) is 5.69 Å². The number of nitriles is 1. The molecule has 0 radical (unpaired) electrons. The summed E-state index contributed by atoms with van der Waals surface area (Å²) in [5, 5.41) is 12.0. The number of nitrogens with one attached hydrogen (secondary N) is 1. The molecule has 1 heterocycles. The Morgan fingerprint density at radius 3 is 2.77 bits per heavy atom. The van der Waals surface area contributed by atoms with Crippen molar-refractivity contribution in [1.82, 2.24) is 9.80 Å². The zero-order valence-corrected chi connectivity index (χ0v) is 16.2. The van der Waals surface area contributed by atoms with Crippen LogP contribution in [0.25, 0.3) is 0 Å². The summed E-state index contributed by atoms with van der Waals surface area (Å²) in [6.07, 6.45) is 1.35. The molecule has 140 valence electrons. The molecule has 7 heteroatoms. The second-order valence-corrected chi connectivity index (χ2v) is 7.95. The van der Waals surface area contributed by atoms with E-state index in [-0.39, 0.29) is 17.1 Å². The lowest BCUT2D eigenvalue weighted by molar-refractivity contribution is -0.128. The third-order valence-corrected chi connectivity index (χ3v) is 5.45. The standard InChI is InChI=1S/C19H26N4O2S/c1-15(8-9-20)26-18-7-4-3-6-17(18)21-19(25)14-22-10-5-11-23(13-12-22)16(2)24/h3-4,6-7,15H,5,8,10-14H2,1-2H3,(H,21,25). The first-order chi connectivity index (χ1) is 12.5. The Labute approximate surface area is 159 Å². The zero-order chi connectivity index (χ0) is 18.9. The van der Waals surface area contributed by atoms with Crippen LogP contribution in [0.1, 0.15) is 26.7 Å². The van der Waals surface area contributed by atoms with Gasteiger partial charge in [-0.25, -0.2) is 0 Å². The molecule has 0 aromatic heterocycles. The molecule has 1 aromatic carbocycles. The van der Waals surface area contributed by atoms with Gasteiger partial charge in [-0.3, -0.25) is 14.5 Å². The van der Waals surface area contributed by atoms with E-state index in [1.165, 1.54) is 0 Å². The van der Waals surface area contributed by atoms with Crippen LogP contribution < -0.4 is 5.32 Å². The van der Waals surface area contributed by atoms with Crippen LogP contribution in [0.3, 0.4) is 0 Å². The minimum atomic E-state index is -0.0535. The number of para-hydroxylation sites is 1. The summed E-state index contributed by atoms with van der Waals surface area (Å²) in [4.78, 5) is 28.9. The van der Waals surface area contributed by atoms with Crippen molar-refractivity contribution >= 4 is 29.3 Å². The fourth-order valence-corrected chi connectivity index (χ4v) is 3.89. The molecule has 1 saturated heterocycles. The van der Waals surface area contributed by atoms with Crippen molar-refractivity contribution in [2.24, 2.45) is 0 Å². The van der Waals surface area contributed by atoms with E-state index in [4.69, 9.17) is 5.26 Å². The number of anilines is 1. The number of hydrogen-bond donors (Lipinski definition) is 1. The second kappa shape index (κ2) is 10.2. The Morgan fingerprint density at radius 2 is 2.04 bits per heavy atom. The molecule has 1 fully saturated rings. The van der Waals surface area contributed by atoms with E-state index in [1.807, 2.05) is 36.1 Å². The van der Waals surface area contributed by atoms with Crippen LogP contribution >= 0.6 is 11.8 Å². The smallest absolute Gasteiger partial charge is 0.238 e. The van der Waals surface area contributed by atoms with E-state index in [0.29, 0.717) is 26.1 Å². The number of hydrogen-bond acceptors (Lipinski definition) is 5. The van der Waals surface area contributed by atoms with Gasteiger partial charge in [-0.05, 0) is 18.6 Å². The molecule has 0 spiro atoms. The van der Waals surface area contributed by atoms with Gasteiger partial charge >= 0.3 is 0 Å². The molecule has 1 aromatic rings. The maximum Gasteiger partial charge on any atom is 0.238 e. The predicted octanol–water partition coefficient (Wildman–Crippen LogP) is 2.57. The Bertz CT molecular complexity index is 674. The van der Waals surface area contributed by atoms with E-state index in [0.717, 1.165) is 30.1 Å². The summed E-state index contributed by atoms with van der Waals surface area (Å²) in [7, 11) is 0. The Kier molecular flexibility index (Phi) is 7.95. The van der Waals surface area contributed by atoms with Gasteiger partial charge in [-0.1, -0.05) is 19.1 Å². The van der Waals surface area contributed by atoms with Crippen LogP contribution in [-0.4, -0.2) is 59.6 Å². The SMILES string of the molecule is CC(=O)N1CCCN(CC(=O)Nc2ccccc2SC(C)CC#N)CC1. The van der Waals surface area contributed by atoms with Crippen LogP contribution in [0.5, 0.6) is 0 Å². The lowest BCUT2D eigenvalue weighted by Crippen LogP contribution is -2.37. The van der Waals surface area contributed by atoms with Crippen molar-refractivity contribution in [2.75, 3.05) is 38.0 Å². The molecule has 1 unspecified atom stereocenters. The molecule has 2 amide bonds. The monoisotopic (exact) mass is 374 g/mol. The van der Waals surface area contributed by atoms with Crippen molar-refractivity contribution in [1.29, 1.82) is 5.26 Å². The number of nitrogens with zero attached hydrogens (tertiary/aromatic N) is 3. The van der Waals surface area contributed by atoms with Gasteiger partial charge in [0, 0.05) is 49.7 Å². The summed E-state index contributed by atoms with van der Waals surface area (Å²) in [5.41, 5.74) is 0.785. The normalized spacial score (nSPS) is 16.4. The van der Waals surface area contributed by atoms with Gasteiger partial charge in [0.15, 0.2) is 0 Å². The van der Waals surface area contributed by atoms with E-state index in [2.05, 4.69) is 16.3 Å². The molecule has 0 bridgehead atoms. The highest BCUT2D eigenvalue weighted by atomic mass is 32.2. The molecule has 1 atom stereocenters. The highest BCUT2D eigenvalue weighted by Crippen LogP contribution is 2.31. The Morgan fingerprint density at radius 1 is 1.27 bits per heavy atom. The lowest BCUT2D eigenvalue weighted by Gasteiger charge is -2.21. The van der Waals surface area contributed by atoms with Crippen molar-refractivity contribution < 1.29 is 9.59 Å². The van der Waals surface area contributed by atoms with Crippen LogP contribution in [0, 0.1) is 11.3 Å². The summed E-state index contributed by atoms with van der Waals surface area (Å²) in [6.45, 7) is 6.85. The van der Waals surface area contributed by atoms with Gasteiger partial charge in [0.2, 0.25) is 11.8 Å². The number of benzene rings is 1. The molecule has 1 aliphatic rings. The van der Waals surface area contributed by atoms with Gasteiger partial charge in [-0.2, -0.15) is 5.26 Å². The summed E-state index contributed by atoms with van der Waals surface area (Å²) >= 11 is 1.59.